The van der Waals surface area contributed by atoms with Crippen LogP contribution in [0.2, 0.25) is 0 Å². The second-order valence-electron chi connectivity index (χ2n) is 7.62. The minimum atomic E-state index is -3.33. The summed E-state index contributed by atoms with van der Waals surface area (Å²) in [5, 5.41) is 21.3. The number of benzene rings is 2. The predicted octanol–water partition coefficient (Wildman–Crippen LogP) is 3.68. The average Bonchev–Trinajstić information content (AvgIpc) is 3.29. The molecule has 1 heterocycles. The summed E-state index contributed by atoms with van der Waals surface area (Å²) in [4.78, 5) is 25.7. The Morgan fingerprint density at radius 2 is 1.84 bits per heavy atom. The van der Waals surface area contributed by atoms with Gasteiger partial charge in [-0.05, 0) is 48.2 Å². The molecule has 0 radical (unpaired) electrons. The van der Waals surface area contributed by atoms with Crippen LogP contribution >= 0.6 is 0 Å². The van der Waals surface area contributed by atoms with Crippen LogP contribution in [0.25, 0.3) is 0 Å². The Bertz CT molecular complexity index is 1120. The summed E-state index contributed by atoms with van der Waals surface area (Å²) >= 11 is 0. The van der Waals surface area contributed by atoms with E-state index in [0.717, 1.165) is 18.4 Å². The molecule has 1 saturated heterocycles. The maximum Gasteiger partial charge on any atom is 0.407 e. The van der Waals surface area contributed by atoms with Crippen molar-refractivity contribution in [2.75, 3.05) is 12.3 Å². The summed E-state index contributed by atoms with van der Waals surface area (Å²) in [6.45, 7) is 2.07. The van der Waals surface area contributed by atoms with E-state index in [9.17, 15) is 28.4 Å². The number of amides is 2. The van der Waals surface area contributed by atoms with Gasteiger partial charge in [0.05, 0.1) is 35.2 Å². The van der Waals surface area contributed by atoms with Gasteiger partial charge in [0.2, 0.25) is 0 Å². The highest BCUT2D eigenvalue weighted by atomic mass is 32.2. The van der Waals surface area contributed by atoms with Crippen LogP contribution < -0.4 is 5.32 Å². The van der Waals surface area contributed by atoms with E-state index in [1.807, 2.05) is 6.07 Å². The molecule has 2 unspecified atom stereocenters. The van der Waals surface area contributed by atoms with Crippen LogP contribution in [-0.4, -0.2) is 42.7 Å². The fourth-order valence-electron chi connectivity index (χ4n) is 3.86. The standard InChI is InChI=1S/C23H25N3O5S/c1-2-32(30,31)19-11-9-16(10-12-19)20(13-14-24)25-22(27)18-7-5-17(6-8-18)21-4-3-15-26(21)23(28)29/h5-12,20-21H,2-4,13,15H2,1H3,(H,25,27)(H,28,29). The monoisotopic (exact) mass is 455 g/mol. The van der Waals surface area contributed by atoms with E-state index in [-0.39, 0.29) is 29.0 Å². The second kappa shape index (κ2) is 9.83. The summed E-state index contributed by atoms with van der Waals surface area (Å²) in [6.07, 6.45) is 0.616. The molecule has 2 aromatic rings. The van der Waals surface area contributed by atoms with Crippen LogP contribution in [0.15, 0.2) is 53.4 Å². The number of carbonyl (C=O) groups is 2. The number of carbonyl (C=O) groups excluding carboxylic acids is 1. The van der Waals surface area contributed by atoms with Gasteiger partial charge in [0.25, 0.3) is 5.91 Å². The van der Waals surface area contributed by atoms with E-state index in [1.54, 1.807) is 43.3 Å². The summed E-state index contributed by atoms with van der Waals surface area (Å²) in [5.74, 6) is -0.380. The Kier molecular flexibility index (Phi) is 7.15. The molecule has 2 amide bonds. The van der Waals surface area contributed by atoms with E-state index in [2.05, 4.69) is 5.32 Å². The third-order valence-corrected chi connectivity index (χ3v) is 7.43. The first kappa shape index (κ1) is 23.3. The molecule has 168 valence electrons. The van der Waals surface area contributed by atoms with Crippen LogP contribution in [0.5, 0.6) is 0 Å². The van der Waals surface area contributed by atoms with Gasteiger partial charge in [-0.25, -0.2) is 13.2 Å². The van der Waals surface area contributed by atoms with Crippen molar-refractivity contribution in [1.82, 2.24) is 10.2 Å². The van der Waals surface area contributed by atoms with Crippen LogP contribution in [0, 0.1) is 11.3 Å². The second-order valence-corrected chi connectivity index (χ2v) is 9.89. The number of rotatable bonds is 7. The first-order valence-corrected chi connectivity index (χ1v) is 12.0. The highest BCUT2D eigenvalue weighted by Gasteiger charge is 2.29. The van der Waals surface area contributed by atoms with Crippen LogP contribution in [0.1, 0.15) is 59.8 Å². The van der Waals surface area contributed by atoms with Gasteiger partial charge in [0.1, 0.15) is 0 Å². The topological polar surface area (TPSA) is 128 Å². The van der Waals surface area contributed by atoms with Crippen molar-refractivity contribution in [2.24, 2.45) is 0 Å². The van der Waals surface area contributed by atoms with E-state index < -0.39 is 22.0 Å². The smallest absolute Gasteiger partial charge is 0.407 e. The van der Waals surface area contributed by atoms with Crippen molar-refractivity contribution < 1.29 is 23.1 Å². The van der Waals surface area contributed by atoms with Crippen LogP contribution in [0.3, 0.4) is 0 Å². The number of carboxylic acid groups (broad SMARTS) is 1. The first-order valence-electron chi connectivity index (χ1n) is 10.4. The Labute approximate surface area is 187 Å². The van der Waals surface area contributed by atoms with Gasteiger partial charge in [-0.15, -0.1) is 0 Å². The first-order chi connectivity index (χ1) is 15.3. The Morgan fingerprint density at radius 3 is 2.41 bits per heavy atom. The number of nitrogens with zero attached hydrogens (tertiary/aromatic N) is 2. The molecule has 9 heteroatoms. The number of hydrogen-bond donors (Lipinski definition) is 2. The summed E-state index contributed by atoms with van der Waals surface area (Å²) in [5.41, 5.74) is 1.86. The van der Waals surface area contributed by atoms with E-state index in [1.165, 1.54) is 17.0 Å². The fraction of sp³-hybridized carbons (Fsp3) is 0.348. The zero-order valence-electron chi connectivity index (χ0n) is 17.7. The Balaban J connectivity index is 1.74. The number of sulfone groups is 1. The lowest BCUT2D eigenvalue weighted by molar-refractivity contribution is 0.0937. The number of nitriles is 1. The molecule has 2 N–H and O–H groups in total. The molecule has 1 fully saturated rings. The van der Waals surface area contributed by atoms with E-state index in [0.29, 0.717) is 17.7 Å². The molecule has 1 aliphatic heterocycles. The maximum atomic E-state index is 12.8. The minimum Gasteiger partial charge on any atom is -0.465 e. The quantitative estimate of drug-likeness (QED) is 0.655. The molecular weight excluding hydrogens is 430 g/mol. The van der Waals surface area contributed by atoms with Gasteiger partial charge >= 0.3 is 6.09 Å². The van der Waals surface area contributed by atoms with Gasteiger partial charge in [0.15, 0.2) is 9.84 Å². The van der Waals surface area contributed by atoms with E-state index in [4.69, 9.17) is 0 Å². The van der Waals surface area contributed by atoms with Gasteiger partial charge in [-0.1, -0.05) is 31.2 Å². The fourth-order valence-corrected chi connectivity index (χ4v) is 4.74. The minimum absolute atomic E-state index is 0.00815. The molecule has 0 aromatic heterocycles. The Morgan fingerprint density at radius 1 is 1.19 bits per heavy atom. The summed E-state index contributed by atoms with van der Waals surface area (Å²) in [6, 6.07) is 14.2. The molecule has 32 heavy (non-hydrogen) atoms. The largest absolute Gasteiger partial charge is 0.465 e. The molecule has 0 aliphatic carbocycles. The summed E-state index contributed by atoms with van der Waals surface area (Å²) < 4.78 is 24.0. The SMILES string of the molecule is CCS(=O)(=O)c1ccc(C(CC#N)NC(=O)c2ccc(C3CCCN3C(=O)O)cc2)cc1. The van der Waals surface area contributed by atoms with Gasteiger partial charge in [-0.3, -0.25) is 4.79 Å². The van der Waals surface area contributed by atoms with Gasteiger partial charge in [0, 0.05) is 12.1 Å². The van der Waals surface area contributed by atoms with Crippen molar-refractivity contribution in [3.8, 4) is 6.07 Å². The molecule has 2 atom stereocenters. The van der Waals surface area contributed by atoms with Gasteiger partial charge < -0.3 is 15.3 Å². The number of hydrogen-bond acceptors (Lipinski definition) is 5. The van der Waals surface area contributed by atoms with Crippen LogP contribution in [-0.2, 0) is 9.84 Å². The number of nitrogens with one attached hydrogen (secondary N) is 1. The molecule has 8 nitrogen and oxygen atoms in total. The van der Waals surface area contributed by atoms with Crippen molar-refractivity contribution >= 4 is 21.8 Å². The zero-order valence-corrected chi connectivity index (χ0v) is 18.5. The van der Waals surface area contributed by atoms with Crippen molar-refractivity contribution in [3.05, 3.63) is 65.2 Å². The van der Waals surface area contributed by atoms with E-state index >= 15 is 0 Å². The lowest BCUT2D eigenvalue weighted by atomic mass is 10.0. The average molecular weight is 456 g/mol. The Hall–Kier alpha value is -3.38. The molecular formula is C23H25N3O5S. The molecule has 2 aromatic carbocycles. The molecule has 0 spiro atoms. The molecule has 3 rings (SSSR count). The third-order valence-electron chi connectivity index (χ3n) is 5.68. The van der Waals surface area contributed by atoms with Gasteiger partial charge in [-0.2, -0.15) is 5.26 Å². The lowest BCUT2D eigenvalue weighted by Crippen LogP contribution is -2.29. The third kappa shape index (κ3) is 5.08. The molecule has 0 saturated carbocycles. The van der Waals surface area contributed by atoms with Crippen LogP contribution in [0.4, 0.5) is 4.79 Å². The molecule has 0 bridgehead atoms. The van der Waals surface area contributed by atoms with Crippen molar-refractivity contribution in [1.29, 1.82) is 5.26 Å². The normalized spacial score (nSPS) is 16.9. The van der Waals surface area contributed by atoms with Crippen molar-refractivity contribution in [3.63, 3.8) is 0 Å². The highest BCUT2D eigenvalue weighted by molar-refractivity contribution is 7.91. The highest BCUT2D eigenvalue weighted by Crippen LogP contribution is 2.32. The number of likely N-dealkylation sites (tertiary alicyclic amines) is 1. The maximum absolute atomic E-state index is 12.8. The van der Waals surface area contributed by atoms with Crippen molar-refractivity contribution in [2.45, 2.75) is 43.2 Å². The summed E-state index contributed by atoms with van der Waals surface area (Å²) in [7, 11) is -3.33. The predicted molar refractivity (Wildman–Crippen MR) is 118 cm³/mol. The zero-order chi connectivity index (χ0) is 23.3. The molecule has 1 aliphatic rings. The lowest BCUT2D eigenvalue weighted by Gasteiger charge is -2.22.